The van der Waals surface area contributed by atoms with Crippen LogP contribution in [0.2, 0.25) is 10.0 Å². The predicted molar refractivity (Wildman–Crippen MR) is 69.2 cm³/mol. The van der Waals surface area contributed by atoms with Crippen molar-refractivity contribution in [3.8, 4) is 0 Å². The Morgan fingerprint density at radius 3 is 2.79 bits per heavy atom. The highest BCUT2D eigenvalue weighted by Crippen LogP contribution is 2.33. The number of nitrogens with one attached hydrogen (secondary N) is 1. The molecule has 1 aromatic rings. The Balaban J connectivity index is 2.22. The van der Waals surface area contributed by atoms with E-state index in [1.807, 2.05) is 0 Å². The molecule has 0 spiro atoms. The quantitative estimate of drug-likeness (QED) is 0.853. The lowest BCUT2D eigenvalue weighted by Gasteiger charge is -2.18. The molecule has 0 aliphatic carbocycles. The van der Waals surface area contributed by atoms with Gasteiger partial charge in [0.2, 0.25) is 0 Å². The minimum atomic E-state index is -0.617. The number of hydrogen-bond acceptors (Lipinski definition) is 4. The maximum atomic E-state index is 11.4. The van der Waals surface area contributed by atoms with Crippen molar-refractivity contribution in [1.29, 1.82) is 0 Å². The van der Waals surface area contributed by atoms with E-state index in [1.165, 1.54) is 7.11 Å². The van der Waals surface area contributed by atoms with E-state index in [-0.39, 0.29) is 6.42 Å². The normalized spacial score (nSPS) is 21.9. The van der Waals surface area contributed by atoms with Gasteiger partial charge < -0.3 is 14.8 Å². The minimum Gasteiger partial charge on any atom is -0.455 e. The molecule has 19 heavy (non-hydrogen) atoms. The van der Waals surface area contributed by atoms with Gasteiger partial charge in [-0.2, -0.15) is 0 Å². The van der Waals surface area contributed by atoms with E-state index in [0.29, 0.717) is 15.6 Å². The molecule has 0 saturated carbocycles. The van der Waals surface area contributed by atoms with Crippen LogP contribution in [-0.4, -0.2) is 25.2 Å². The molecular formula is C12H11Cl2NO4. The molecule has 1 aromatic carbocycles. The Morgan fingerprint density at radius 2 is 2.16 bits per heavy atom. The molecule has 5 nitrogen and oxygen atoms in total. The molecule has 1 aliphatic heterocycles. The summed E-state index contributed by atoms with van der Waals surface area (Å²) in [6.45, 7) is 0. The van der Waals surface area contributed by atoms with Gasteiger partial charge in [0.05, 0.1) is 29.6 Å². The number of alkyl carbamates (subject to hydrolysis) is 1. The third-order valence-electron chi connectivity index (χ3n) is 2.77. The van der Waals surface area contributed by atoms with Gasteiger partial charge in [0.1, 0.15) is 6.10 Å². The zero-order valence-corrected chi connectivity index (χ0v) is 11.5. The topological polar surface area (TPSA) is 64.6 Å². The summed E-state index contributed by atoms with van der Waals surface area (Å²) in [6.07, 6.45) is -1.13. The van der Waals surface area contributed by atoms with Crippen LogP contribution >= 0.6 is 23.2 Å². The van der Waals surface area contributed by atoms with E-state index in [1.54, 1.807) is 18.2 Å². The van der Waals surface area contributed by atoms with Crippen molar-refractivity contribution in [2.24, 2.45) is 0 Å². The number of cyclic esters (lactones) is 1. The fraction of sp³-hybridized carbons (Fsp3) is 0.333. The number of benzene rings is 1. The van der Waals surface area contributed by atoms with Crippen LogP contribution in [-0.2, 0) is 14.3 Å². The van der Waals surface area contributed by atoms with Gasteiger partial charge in [-0.15, -0.1) is 0 Å². The van der Waals surface area contributed by atoms with Crippen LogP contribution < -0.4 is 5.32 Å². The van der Waals surface area contributed by atoms with Gasteiger partial charge in [-0.3, -0.25) is 4.79 Å². The molecule has 0 radical (unpaired) electrons. The summed E-state index contributed by atoms with van der Waals surface area (Å²) >= 11 is 11.8. The fourth-order valence-electron chi connectivity index (χ4n) is 1.89. The zero-order chi connectivity index (χ0) is 14.0. The van der Waals surface area contributed by atoms with Crippen LogP contribution in [0.3, 0.4) is 0 Å². The maximum absolute atomic E-state index is 11.4. The largest absolute Gasteiger partial charge is 0.455 e. The monoisotopic (exact) mass is 303 g/mol. The Labute approximate surface area is 119 Å². The predicted octanol–water partition coefficient (Wildman–Crippen LogP) is 2.71. The van der Waals surface area contributed by atoms with Crippen molar-refractivity contribution in [2.75, 3.05) is 7.11 Å². The molecule has 1 amide bonds. The van der Waals surface area contributed by atoms with Gasteiger partial charge >= 0.3 is 12.1 Å². The first-order valence-electron chi connectivity index (χ1n) is 5.50. The van der Waals surface area contributed by atoms with Crippen molar-refractivity contribution in [1.82, 2.24) is 5.32 Å². The average Bonchev–Trinajstić information content (AvgIpc) is 2.73. The van der Waals surface area contributed by atoms with Gasteiger partial charge in [-0.1, -0.05) is 29.3 Å². The second kappa shape index (κ2) is 5.67. The molecule has 1 heterocycles. The van der Waals surface area contributed by atoms with Crippen LogP contribution in [0.15, 0.2) is 18.2 Å². The van der Waals surface area contributed by atoms with Crippen molar-refractivity contribution in [3.63, 3.8) is 0 Å². The van der Waals surface area contributed by atoms with Gasteiger partial charge in [0.25, 0.3) is 0 Å². The van der Waals surface area contributed by atoms with Crippen LogP contribution in [0.25, 0.3) is 0 Å². The summed E-state index contributed by atoms with van der Waals surface area (Å²) < 4.78 is 9.70. The van der Waals surface area contributed by atoms with E-state index >= 15 is 0 Å². The summed E-state index contributed by atoms with van der Waals surface area (Å²) in [5.74, 6) is -0.391. The van der Waals surface area contributed by atoms with Gasteiger partial charge in [0, 0.05) is 0 Å². The molecule has 1 aliphatic rings. The summed E-state index contributed by atoms with van der Waals surface area (Å²) in [7, 11) is 1.25. The Hall–Kier alpha value is -1.46. The van der Waals surface area contributed by atoms with Crippen molar-refractivity contribution >= 4 is 35.3 Å². The molecule has 7 heteroatoms. The highest BCUT2D eigenvalue weighted by Gasteiger charge is 2.37. The van der Waals surface area contributed by atoms with Crippen molar-refractivity contribution in [2.45, 2.75) is 18.6 Å². The van der Waals surface area contributed by atoms with Crippen molar-refractivity contribution in [3.05, 3.63) is 33.8 Å². The van der Waals surface area contributed by atoms with E-state index in [2.05, 4.69) is 10.1 Å². The highest BCUT2D eigenvalue weighted by atomic mass is 35.5. The molecule has 1 N–H and O–H groups in total. The van der Waals surface area contributed by atoms with Crippen LogP contribution in [0.1, 0.15) is 18.1 Å². The fourth-order valence-corrected chi connectivity index (χ4v) is 2.19. The lowest BCUT2D eigenvalue weighted by molar-refractivity contribution is -0.141. The number of esters is 1. The number of hydrogen-bond donors (Lipinski definition) is 1. The van der Waals surface area contributed by atoms with E-state index in [0.717, 1.165) is 0 Å². The Kier molecular flexibility index (Phi) is 4.17. The summed E-state index contributed by atoms with van der Waals surface area (Å²) in [5.41, 5.74) is 0.668. The van der Waals surface area contributed by atoms with E-state index < -0.39 is 24.2 Å². The van der Waals surface area contributed by atoms with Crippen LogP contribution in [0, 0.1) is 0 Å². The van der Waals surface area contributed by atoms with Crippen LogP contribution in [0.5, 0.6) is 0 Å². The number of methoxy groups -OCH3 is 1. The molecule has 0 aromatic heterocycles. The first-order chi connectivity index (χ1) is 9.01. The molecule has 102 valence electrons. The first-order valence-corrected chi connectivity index (χ1v) is 6.25. The Bertz CT molecular complexity index is 520. The molecule has 2 atom stereocenters. The van der Waals surface area contributed by atoms with E-state index in [4.69, 9.17) is 27.9 Å². The third kappa shape index (κ3) is 3.11. The SMILES string of the molecule is COC(=O)NC1CC(=O)OC1c1ccc(Cl)c(Cl)c1. The van der Waals surface area contributed by atoms with Crippen LogP contribution in [0.4, 0.5) is 4.79 Å². The smallest absolute Gasteiger partial charge is 0.407 e. The second-order valence-electron chi connectivity index (χ2n) is 4.03. The van der Waals surface area contributed by atoms with Gasteiger partial charge in [0.15, 0.2) is 0 Å². The molecule has 1 saturated heterocycles. The zero-order valence-electron chi connectivity index (χ0n) is 9.98. The number of amides is 1. The molecule has 1 fully saturated rings. The number of ether oxygens (including phenoxy) is 2. The summed E-state index contributed by atoms with van der Waals surface area (Å²) in [4.78, 5) is 22.6. The molecule has 2 unspecified atom stereocenters. The highest BCUT2D eigenvalue weighted by molar-refractivity contribution is 6.42. The summed E-state index contributed by atoms with van der Waals surface area (Å²) in [5, 5.41) is 3.33. The first kappa shape index (κ1) is 14.0. The second-order valence-corrected chi connectivity index (χ2v) is 4.84. The number of halogens is 2. The average molecular weight is 304 g/mol. The molecular weight excluding hydrogens is 293 g/mol. The number of carbonyl (C=O) groups is 2. The van der Waals surface area contributed by atoms with E-state index in [9.17, 15) is 9.59 Å². The Morgan fingerprint density at radius 1 is 1.42 bits per heavy atom. The molecule has 0 bridgehead atoms. The standard InChI is InChI=1S/C12H11Cl2NO4/c1-18-12(17)15-9-5-10(16)19-11(9)6-2-3-7(13)8(14)4-6/h2-4,9,11H,5H2,1H3,(H,15,17). The summed E-state index contributed by atoms with van der Waals surface area (Å²) in [6, 6.07) is 4.43. The maximum Gasteiger partial charge on any atom is 0.407 e. The van der Waals surface area contributed by atoms with Gasteiger partial charge in [-0.05, 0) is 17.7 Å². The lowest BCUT2D eigenvalue weighted by Crippen LogP contribution is -2.36. The van der Waals surface area contributed by atoms with Crippen molar-refractivity contribution < 1.29 is 19.1 Å². The number of carbonyl (C=O) groups excluding carboxylic acids is 2. The molecule has 2 rings (SSSR count). The number of rotatable bonds is 2. The third-order valence-corrected chi connectivity index (χ3v) is 3.51. The minimum absolute atomic E-state index is 0.0833. The van der Waals surface area contributed by atoms with Gasteiger partial charge in [-0.25, -0.2) is 4.79 Å². The lowest BCUT2D eigenvalue weighted by atomic mass is 10.0.